The number of hydrogen-bond donors (Lipinski definition) is 1. The summed E-state index contributed by atoms with van der Waals surface area (Å²) in [6.07, 6.45) is 0. The summed E-state index contributed by atoms with van der Waals surface area (Å²) in [6.45, 7) is 4.81. The summed E-state index contributed by atoms with van der Waals surface area (Å²) in [4.78, 5) is 15.7. The lowest BCUT2D eigenvalue weighted by Crippen LogP contribution is -2.25. The topological polar surface area (TPSA) is 60.1 Å². The average Bonchev–Trinajstić information content (AvgIpc) is 2.72. The van der Waals surface area contributed by atoms with Gasteiger partial charge in [0, 0.05) is 11.4 Å². The van der Waals surface area contributed by atoms with Crippen LogP contribution in [0.5, 0.6) is 0 Å². The zero-order valence-corrected chi connectivity index (χ0v) is 10.9. The average molecular weight is 247 g/mol. The Kier molecular flexibility index (Phi) is 3.62. The van der Waals surface area contributed by atoms with Crippen molar-refractivity contribution in [1.82, 2.24) is 14.9 Å². The fourth-order valence-electron chi connectivity index (χ4n) is 1.90. The lowest BCUT2D eigenvalue weighted by molar-refractivity contribution is 0.439. The highest BCUT2D eigenvalue weighted by Crippen LogP contribution is 2.09. The Balaban J connectivity index is 2.25. The van der Waals surface area contributed by atoms with E-state index < -0.39 is 0 Å². The molecule has 0 aliphatic carbocycles. The third-order valence-electron chi connectivity index (χ3n) is 2.73. The van der Waals surface area contributed by atoms with Crippen LogP contribution < -0.4 is 11.0 Å². The van der Waals surface area contributed by atoms with Crippen LogP contribution in [0, 0.1) is 13.8 Å². The van der Waals surface area contributed by atoms with Crippen LogP contribution in [0.25, 0.3) is 0 Å². The molecule has 0 aliphatic rings. The molecule has 96 valence electrons. The van der Waals surface area contributed by atoms with Crippen LogP contribution >= 0.6 is 0 Å². The molecule has 0 bridgehead atoms. The van der Waals surface area contributed by atoms with Crippen molar-refractivity contribution < 1.29 is 4.42 Å². The fraction of sp³-hybridized carbons (Fsp3) is 0.385. The number of rotatable bonds is 4. The summed E-state index contributed by atoms with van der Waals surface area (Å²) >= 11 is 0. The third-order valence-corrected chi connectivity index (χ3v) is 2.73. The van der Waals surface area contributed by atoms with E-state index in [1.54, 1.807) is 4.57 Å². The zero-order chi connectivity index (χ0) is 13.1. The second-order valence-electron chi connectivity index (χ2n) is 4.31. The second kappa shape index (κ2) is 5.18. The number of aryl methyl sites for hydroxylation is 2. The van der Waals surface area contributed by atoms with E-state index in [-0.39, 0.29) is 5.69 Å². The third kappa shape index (κ3) is 2.68. The van der Waals surface area contributed by atoms with Crippen molar-refractivity contribution in [2.24, 2.45) is 0 Å². The number of hydrogen-bond acceptors (Lipinski definition) is 4. The fourth-order valence-corrected chi connectivity index (χ4v) is 1.90. The molecule has 0 saturated carbocycles. The normalized spacial score (nSPS) is 10.8. The lowest BCUT2D eigenvalue weighted by atomic mass is 10.3. The Labute approximate surface area is 105 Å². The van der Waals surface area contributed by atoms with Crippen molar-refractivity contribution in [3.8, 4) is 0 Å². The first-order valence-electron chi connectivity index (χ1n) is 5.87. The van der Waals surface area contributed by atoms with Gasteiger partial charge in [0.15, 0.2) is 0 Å². The molecular weight excluding hydrogens is 230 g/mol. The van der Waals surface area contributed by atoms with Gasteiger partial charge in [0.2, 0.25) is 0 Å². The summed E-state index contributed by atoms with van der Waals surface area (Å²) in [7, 11) is 1.86. The summed E-state index contributed by atoms with van der Waals surface area (Å²) in [5.41, 5.74) is 1.39. The quantitative estimate of drug-likeness (QED) is 0.882. The van der Waals surface area contributed by atoms with Crippen molar-refractivity contribution >= 4 is 0 Å². The van der Waals surface area contributed by atoms with Crippen LogP contribution in [-0.2, 0) is 13.1 Å². The van der Waals surface area contributed by atoms with Crippen LogP contribution in [-0.4, -0.2) is 16.6 Å². The molecule has 0 aromatic carbocycles. The number of nitrogens with zero attached hydrogens (tertiary/aromatic N) is 2. The van der Waals surface area contributed by atoms with E-state index in [1.807, 2.05) is 39.1 Å². The van der Waals surface area contributed by atoms with E-state index >= 15 is 0 Å². The molecule has 0 saturated heterocycles. The molecule has 2 rings (SSSR count). The monoisotopic (exact) mass is 247 g/mol. The van der Waals surface area contributed by atoms with Crippen LogP contribution in [0.4, 0.5) is 0 Å². The molecule has 2 heterocycles. The van der Waals surface area contributed by atoms with E-state index in [9.17, 15) is 4.79 Å². The minimum absolute atomic E-state index is 0.237. The molecule has 0 spiro atoms. The standard InChI is InChI=1S/C13H17N3O2/c1-9-6-10(2)16(13(17)15-9)8-12-5-4-11(18-12)7-14-3/h4-6,14H,7-8H2,1-3H3. The first-order valence-corrected chi connectivity index (χ1v) is 5.87. The SMILES string of the molecule is CNCc1ccc(Cn2c(C)cc(C)nc2=O)o1. The van der Waals surface area contributed by atoms with E-state index in [2.05, 4.69) is 10.3 Å². The molecule has 2 aromatic rings. The summed E-state index contributed by atoms with van der Waals surface area (Å²) < 4.78 is 7.22. The predicted octanol–water partition coefficient (Wildman–Crippen LogP) is 1.22. The maximum absolute atomic E-state index is 11.8. The predicted molar refractivity (Wildman–Crippen MR) is 68.5 cm³/mol. The van der Waals surface area contributed by atoms with Crippen molar-refractivity contribution in [2.45, 2.75) is 26.9 Å². The van der Waals surface area contributed by atoms with Crippen LogP contribution in [0.2, 0.25) is 0 Å². The maximum atomic E-state index is 11.8. The molecule has 18 heavy (non-hydrogen) atoms. The van der Waals surface area contributed by atoms with Crippen molar-refractivity contribution in [3.05, 3.63) is 51.6 Å². The van der Waals surface area contributed by atoms with Crippen LogP contribution in [0.15, 0.2) is 27.4 Å². The van der Waals surface area contributed by atoms with E-state index in [0.29, 0.717) is 13.1 Å². The van der Waals surface area contributed by atoms with Crippen LogP contribution in [0.3, 0.4) is 0 Å². The Bertz CT molecular complexity index is 599. The molecule has 0 amide bonds. The molecule has 5 heteroatoms. The minimum Gasteiger partial charge on any atom is -0.463 e. The maximum Gasteiger partial charge on any atom is 0.348 e. The van der Waals surface area contributed by atoms with E-state index in [1.165, 1.54) is 0 Å². The molecule has 2 aromatic heterocycles. The van der Waals surface area contributed by atoms with Gasteiger partial charge in [-0.05, 0) is 39.1 Å². The molecule has 0 atom stereocenters. The van der Waals surface area contributed by atoms with Gasteiger partial charge in [0.05, 0.1) is 13.1 Å². The first kappa shape index (κ1) is 12.6. The van der Waals surface area contributed by atoms with E-state index in [4.69, 9.17) is 4.42 Å². The van der Waals surface area contributed by atoms with Gasteiger partial charge < -0.3 is 9.73 Å². The summed E-state index contributed by atoms with van der Waals surface area (Å²) in [6, 6.07) is 5.69. The van der Waals surface area contributed by atoms with Gasteiger partial charge in [-0.25, -0.2) is 4.79 Å². The largest absolute Gasteiger partial charge is 0.463 e. The Morgan fingerprint density at radius 2 is 2.06 bits per heavy atom. The van der Waals surface area contributed by atoms with Gasteiger partial charge in [-0.3, -0.25) is 4.57 Å². The van der Waals surface area contributed by atoms with E-state index in [0.717, 1.165) is 22.9 Å². The molecule has 0 aliphatic heterocycles. The van der Waals surface area contributed by atoms with Gasteiger partial charge in [-0.1, -0.05) is 0 Å². The number of nitrogens with one attached hydrogen (secondary N) is 1. The number of aromatic nitrogens is 2. The van der Waals surface area contributed by atoms with Crippen molar-refractivity contribution in [3.63, 3.8) is 0 Å². The van der Waals surface area contributed by atoms with Crippen molar-refractivity contribution in [2.75, 3.05) is 7.05 Å². The highest BCUT2D eigenvalue weighted by atomic mass is 16.3. The van der Waals surface area contributed by atoms with Gasteiger partial charge in [0.25, 0.3) is 0 Å². The second-order valence-corrected chi connectivity index (χ2v) is 4.31. The summed E-state index contributed by atoms with van der Waals surface area (Å²) in [5.74, 6) is 1.62. The lowest BCUT2D eigenvalue weighted by Gasteiger charge is -2.07. The Morgan fingerprint density at radius 3 is 2.72 bits per heavy atom. The Hall–Kier alpha value is -1.88. The zero-order valence-electron chi connectivity index (χ0n) is 10.9. The van der Waals surface area contributed by atoms with Gasteiger partial charge in [-0.2, -0.15) is 4.98 Å². The smallest absolute Gasteiger partial charge is 0.348 e. The van der Waals surface area contributed by atoms with Gasteiger partial charge in [-0.15, -0.1) is 0 Å². The highest BCUT2D eigenvalue weighted by Gasteiger charge is 2.07. The molecule has 0 radical (unpaired) electrons. The molecule has 0 fully saturated rings. The summed E-state index contributed by atoms with van der Waals surface area (Å²) in [5, 5.41) is 3.02. The molecular formula is C13H17N3O2. The van der Waals surface area contributed by atoms with Crippen molar-refractivity contribution in [1.29, 1.82) is 0 Å². The van der Waals surface area contributed by atoms with Gasteiger partial charge in [0.1, 0.15) is 11.5 Å². The first-order chi connectivity index (χ1) is 8.60. The van der Waals surface area contributed by atoms with Crippen LogP contribution in [0.1, 0.15) is 22.9 Å². The molecule has 1 N–H and O–H groups in total. The highest BCUT2D eigenvalue weighted by molar-refractivity contribution is 5.11. The minimum atomic E-state index is -0.237. The molecule has 5 nitrogen and oxygen atoms in total. The molecule has 0 unspecified atom stereocenters. The van der Waals surface area contributed by atoms with Gasteiger partial charge >= 0.3 is 5.69 Å². The number of furan rings is 1. The Morgan fingerprint density at radius 1 is 1.33 bits per heavy atom.